The third-order valence-electron chi connectivity index (χ3n) is 3.38. The van der Waals surface area contributed by atoms with Gasteiger partial charge in [0.2, 0.25) is 0 Å². The van der Waals surface area contributed by atoms with Crippen LogP contribution in [0.4, 0.5) is 0 Å². The fourth-order valence-corrected chi connectivity index (χ4v) is 1.54. The monoisotopic (exact) mass is 210 g/mol. The Morgan fingerprint density at radius 2 is 1.67 bits per heavy atom. The molecule has 0 saturated heterocycles. The topological polar surface area (TPSA) is 20.2 Å². The van der Waals surface area contributed by atoms with Gasteiger partial charge in [-0.05, 0) is 18.8 Å². The van der Waals surface area contributed by atoms with Crippen molar-refractivity contribution in [2.75, 3.05) is 0 Å². The van der Waals surface area contributed by atoms with E-state index in [0.29, 0.717) is 5.92 Å². The largest absolute Gasteiger partial charge is 0.385 e. The van der Waals surface area contributed by atoms with Crippen molar-refractivity contribution >= 4 is 0 Å². The summed E-state index contributed by atoms with van der Waals surface area (Å²) < 4.78 is 0. The van der Waals surface area contributed by atoms with E-state index in [1.54, 1.807) is 0 Å². The van der Waals surface area contributed by atoms with Crippen molar-refractivity contribution in [3.8, 4) is 0 Å². The van der Waals surface area contributed by atoms with Crippen LogP contribution >= 0.6 is 0 Å². The van der Waals surface area contributed by atoms with Crippen LogP contribution in [0.5, 0.6) is 0 Å². The van der Waals surface area contributed by atoms with Crippen molar-refractivity contribution < 1.29 is 5.11 Å². The molecule has 0 saturated carbocycles. The molecule has 0 aliphatic heterocycles. The van der Waals surface area contributed by atoms with Crippen molar-refractivity contribution in [3.05, 3.63) is 24.3 Å². The Bertz CT molecular complexity index is 238. The van der Waals surface area contributed by atoms with Crippen LogP contribution in [-0.2, 0) is 0 Å². The minimum absolute atomic E-state index is 0.0752. The van der Waals surface area contributed by atoms with Gasteiger partial charge in [0.15, 0.2) is 0 Å². The van der Waals surface area contributed by atoms with Gasteiger partial charge < -0.3 is 5.11 Å². The van der Waals surface area contributed by atoms with Crippen LogP contribution in [0.25, 0.3) is 0 Å². The lowest BCUT2D eigenvalue weighted by Crippen LogP contribution is -2.39. The number of aliphatic hydroxyl groups is 1. The Morgan fingerprint density at radius 3 is 1.93 bits per heavy atom. The maximum absolute atomic E-state index is 10.6. The summed E-state index contributed by atoms with van der Waals surface area (Å²) in [6, 6.07) is 0. The summed E-state index contributed by atoms with van der Waals surface area (Å²) in [6.45, 7) is 16.2. The minimum atomic E-state index is -0.768. The zero-order chi connectivity index (χ0) is 12.2. The molecule has 2 atom stereocenters. The molecule has 0 amide bonds. The molecular weight excluding hydrogens is 184 g/mol. The molecule has 0 heterocycles. The summed E-state index contributed by atoms with van der Waals surface area (Å²) in [6.07, 6.45) is 3.83. The van der Waals surface area contributed by atoms with E-state index in [9.17, 15) is 5.11 Å². The Kier molecular flexibility index (Phi) is 5.30. The number of hydrogen-bond donors (Lipinski definition) is 1. The highest BCUT2D eigenvalue weighted by atomic mass is 16.3. The van der Waals surface area contributed by atoms with Crippen molar-refractivity contribution in [2.24, 2.45) is 17.8 Å². The van der Waals surface area contributed by atoms with Gasteiger partial charge >= 0.3 is 0 Å². The summed E-state index contributed by atoms with van der Waals surface area (Å²) in [4.78, 5) is 0. The second kappa shape index (κ2) is 5.50. The summed E-state index contributed by atoms with van der Waals surface area (Å²) in [5, 5.41) is 10.6. The fourth-order valence-electron chi connectivity index (χ4n) is 1.54. The third-order valence-corrected chi connectivity index (χ3v) is 3.38. The molecule has 88 valence electrons. The molecule has 1 heteroatoms. The highest BCUT2D eigenvalue weighted by Crippen LogP contribution is 2.30. The van der Waals surface area contributed by atoms with Gasteiger partial charge in [-0.3, -0.25) is 0 Å². The zero-order valence-corrected chi connectivity index (χ0v) is 11.0. The Balaban J connectivity index is 5.13. The first-order chi connectivity index (χ1) is 6.75. The normalized spacial score (nSPS) is 19.1. The van der Waals surface area contributed by atoms with E-state index < -0.39 is 5.60 Å². The van der Waals surface area contributed by atoms with Crippen LogP contribution in [0, 0.1) is 17.8 Å². The van der Waals surface area contributed by atoms with Crippen LogP contribution in [0.3, 0.4) is 0 Å². The van der Waals surface area contributed by atoms with Gasteiger partial charge in [0, 0.05) is 5.92 Å². The molecule has 0 aliphatic rings. The molecule has 0 spiro atoms. The average Bonchev–Trinajstić information content (AvgIpc) is 2.15. The molecule has 0 aromatic heterocycles. The Hall–Kier alpha value is -0.560. The van der Waals surface area contributed by atoms with Gasteiger partial charge in [0.1, 0.15) is 0 Å². The maximum Gasteiger partial charge on any atom is 0.0912 e. The average molecular weight is 210 g/mol. The fraction of sp³-hybridized carbons (Fsp3) is 0.714. The first-order valence-corrected chi connectivity index (χ1v) is 5.80. The predicted octanol–water partition coefficient (Wildman–Crippen LogP) is 3.80. The lowest BCUT2D eigenvalue weighted by atomic mass is 9.77. The molecule has 1 N–H and O–H groups in total. The molecule has 0 aliphatic carbocycles. The summed E-state index contributed by atoms with van der Waals surface area (Å²) in [7, 11) is 0. The third kappa shape index (κ3) is 3.49. The predicted molar refractivity (Wildman–Crippen MR) is 67.7 cm³/mol. The molecule has 0 bridgehead atoms. The maximum atomic E-state index is 10.6. The van der Waals surface area contributed by atoms with Gasteiger partial charge in [0.05, 0.1) is 5.60 Å². The minimum Gasteiger partial charge on any atom is -0.385 e. The van der Waals surface area contributed by atoms with Crippen LogP contribution in [0.2, 0.25) is 0 Å². The summed E-state index contributed by atoms with van der Waals surface area (Å²) >= 11 is 0. The lowest BCUT2D eigenvalue weighted by molar-refractivity contribution is 0.00891. The molecule has 0 radical (unpaired) electrons. The van der Waals surface area contributed by atoms with E-state index in [2.05, 4.69) is 27.4 Å². The van der Waals surface area contributed by atoms with Crippen molar-refractivity contribution in [2.45, 2.75) is 47.1 Å². The van der Waals surface area contributed by atoms with Crippen molar-refractivity contribution in [1.29, 1.82) is 0 Å². The second-order valence-corrected chi connectivity index (χ2v) is 5.11. The molecule has 1 nitrogen and oxygen atoms in total. The van der Waals surface area contributed by atoms with Gasteiger partial charge in [-0.1, -0.05) is 52.3 Å². The van der Waals surface area contributed by atoms with Crippen LogP contribution in [0.15, 0.2) is 24.3 Å². The first kappa shape index (κ1) is 14.4. The molecular formula is C14H26O. The van der Waals surface area contributed by atoms with E-state index in [1.165, 1.54) is 5.57 Å². The summed E-state index contributed by atoms with van der Waals surface area (Å²) in [5.41, 5.74) is 0.468. The molecule has 0 aromatic rings. The van der Waals surface area contributed by atoms with Crippen LogP contribution < -0.4 is 0 Å². The number of rotatable bonds is 5. The van der Waals surface area contributed by atoms with E-state index in [-0.39, 0.29) is 11.8 Å². The quantitative estimate of drug-likeness (QED) is 0.684. The number of hydrogen-bond acceptors (Lipinski definition) is 1. The molecule has 0 fully saturated rings. The molecule has 0 aromatic carbocycles. The van der Waals surface area contributed by atoms with Crippen molar-refractivity contribution in [1.82, 2.24) is 0 Å². The Morgan fingerprint density at radius 1 is 1.20 bits per heavy atom. The highest BCUT2D eigenvalue weighted by Gasteiger charge is 2.33. The van der Waals surface area contributed by atoms with E-state index in [4.69, 9.17) is 0 Å². The van der Waals surface area contributed by atoms with Gasteiger partial charge in [0.25, 0.3) is 0 Å². The lowest BCUT2D eigenvalue weighted by Gasteiger charge is -2.34. The highest BCUT2D eigenvalue weighted by molar-refractivity contribution is 5.15. The van der Waals surface area contributed by atoms with Gasteiger partial charge in [-0.2, -0.15) is 0 Å². The van der Waals surface area contributed by atoms with Gasteiger partial charge in [-0.15, -0.1) is 6.58 Å². The smallest absolute Gasteiger partial charge is 0.0912 e. The second-order valence-electron chi connectivity index (χ2n) is 5.11. The first-order valence-electron chi connectivity index (χ1n) is 5.80. The summed E-state index contributed by atoms with van der Waals surface area (Å²) in [5.74, 6) is 0.748. The van der Waals surface area contributed by atoms with Crippen molar-refractivity contribution in [3.63, 3.8) is 0 Å². The van der Waals surface area contributed by atoms with Gasteiger partial charge in [-0.25, -0.2) is 0 Å². The zero-order valence-electron chi connectivity index (χ0n) is 11.0. The van der Waals surface area contributed by atoms with Crippen LogP contribution in [-0.4, -0.2) is 10.7 Å². The molecule has 0 rings (SSSR count). The van der Waals surface area contributed by atoms with E-state index >= 15 is 0 Å². The molecule has 15 heavy (non-hydrogen) atoms. The number of allylic oxidation sites excluding steroid dienone is 1. The standard InChI is InChI=1S/C14H26O/c1-8-13(7)14(15,11(4)5)9-12(6)10(2)3/h8-11,13,15H,1H2,2-7H3/b12-9+/t13-,14-/m1/s1. The Labute approximate surface area is 94.9 Å². The van der Waals surface area contributed by atoms with E-state index in [1.807, 2.05) is 32.9 Å². The van der Waals surface area contributed by atoms with E-state index in [0.717, 1.165) is 0 Å². The SMILES string of the molecule is C=C[C@@H](C)[C@@](O)(/C=C(\C)C(C)C)C(C)C. The van der Waals surface area contributed by atoms with Crippen LogP contribution in [0.1, 0.15) is 41.5 Å². The molecule has 0 unspecified atom stereocenters.